The number of ether oxygens (including phenoxy) is 2. The Morgan fingerprint density at radius 1 is 1.15 bits per heavy atom. The van der Waals surface area contributed by atoms with Crippen LogP contribution in [0.5, 0.6) is 17.2 Å². The van der Waals surface area contributed by atoms with Crippen LogP contribution >= 0.6 is 12.2 Å². The van der Waals surface area contributed by atoms with Crippen LogP contribution in [0.25, 0.3) is 0 Å². The monoisotopic (exact) mass is 374 g/mol. The number of rotatable bonds is 7. The van der Waals surface area contributed by atoms with Gasteiger partial charge in [0.1, 0.15) is 17.2 Å². The molecule has 6 nitrogen and oxygen atoms in total. The first kappa shape index (κ1) is 19.5. The summed E-state index contributed by atoms with van der Waals surface area (Å²) < 4.78 is 10.7. The molecule has 0 radical (unpaired) electrons. The molecule has 0 unspecified atom stereocenters. The average Bonchev–Trinajstić information content (AvgIpc) is 2.64. The Bertz CT molecular complexity index is 763. The smallest absolute Gasteiger partial charge is 0.257 e. The molecule has 0 aliphatic rings. The van der Waals surface area contributed by atoms with E-state index in [0.717, 1.165) is 18.6 Å². The maximum atomic E-state index is 12.3. The van der Waals surface area contributed by atoms with Crippen molar-refractivity contribution in [2.45, 2.75) is 19.8 Å². The van der Waals surface area contributed by atoms with Gasteiger partial charge >= 0.3 is 0 Å². The van der Waals surface area contributed by atoms with E-state index < -0.39 is 0 Å². The van der Waals surface area contributed by atoms with Crippen LogP contribution in [-0.2, 0) is 0 Å². The Hall–Kier alpha value is -2.80. The number of amides is 1. The minimum Gasteiger partial charge on any atom is -0.506 e. The number of methoxy groups -OCH3 is 1. The Morgan fingerprint density at radius 3 is 2.50 bits per heavy atom. The first-order chi connectivity index (χ1) is 12.5. The van der Waals surface area contributed by atoms with Crippen LogP contribution in [0.4, 0.5) is 5.69 Å². The summed E-state index contributed by atoms with van der Waals surface area (Å²) in [5.74, 6) is 0.913. The molecule has 2 rings (SSSR count). The highest BCUT2D eigenvalue weighted by atomic mass is 32.1. The van der Waals surface area contributed by atoms with Gasteiger partial charge in [-0.05, 0) is 55.0 Å². The van der Waals surface area contributed by atoms with Crippen molar-refractivity contribution in [3.05, 3.63) is 48.0 Å². The van der Waals surface area contributed by atoms with E-state index in [2.05, 4.69) is 17.6 Å². The molecule has 2 aromatic rings. The molecule has 0 aromatic heterocycles. The second kappa shape index (κ2) is 9.62. The van der Waals surface area contributed by atoms with Crippen LogP contribution in [0.3, 0.4) is 0 Å². The molecule has 0 spiro atoms. The fourth-order valence-corrected chi connectivity index (χ4v) is 2.31. The van der Waals surface area contributed by atoms with E-state index in [0.29, 0.717) is 23.6 Å². The molecule has 0 aliphatic carbocycles. The number of thiocarbonyl (C=S) groups is 1. The highest BCUT2D eigenvalue weighted by Gasteiger charge is 2.10. The normalized spacial score (nSPS) is 10.1. The number of aromatic hydroxyl groups is 1. The number of carbonyl (C=O) groups excluding carboxylic acids is 1. The van der Waals surface area contributed by atoms with E-state index in [1.54, 1.807) is 36.4 Å². The third-order valence-corrected chi connectivity index (χ3v) is 3.77. The van der Waals surface area contributed by atoms with Gasteiger partial charge in [0.2, 0.25) is 0 Å². The number of carbonyl (C=O) groups is 1. The van der Waals surface area contributed by atoms with Gasteiger partial charge in [-0.15, -0.1) is 0 Å². The van der Waals surface area contributed by atoms with Crippen molar-refractivity contribution in [2.75, 3.05) is 19.0 Å². The summed E-state index contributed by atoms with van der Waals surface area (Å²) in [6.07, 6.45) is 2.05. The number of phenolic OH excluding ortho intramolecular Hbond substituents is 1. The number of nitrogens with one attached hydrogen (secondary N) is 2. The molecule has 0 saturated carbocycles. The van der Waals surface area contributed by atoms with Gasteiger partial charge in [0.15, 0.2) is 5.11 Å². The number of hydrogen-bond donors (Lipinski definition) is 3. The second-order valence-corrected chi connectivity index (χ2v) is 5.93. The van der Waals surface area contributed by atoms with Crippen LogP contribution in [0.15, 0.2) is 42.5 Å². The number of hydrogen-bond acceptors (Lipinski definition) is 5. The number of phenols is 1. The third kappa shape index (κ3) is 5.63. The standard InChI is InChI=1S/C19H22N2O4S/c1-3-4-11-25-14-7-5-13(6-8-14)18(23)21-19(26)20-16-12-15(24-2)9-10-17(16)22/h5-10,12,22H,3-4,11H2,1-2H3,(H2,20,21,23,26). The highest BCUT2D eigenvalue weighted by Crippen LogP contribution is 2.27. The Kier molecular flexibility index (Phi) is 7.23. The topological polar surface area (TPSA) is 79.8 Å². The summed E-state index contributed by atoms with van der Waals surface area (Å²) in [4.78, 5) is 12.3. The minimum atomic E-state index is -0.356. The Balaban J connectivity index is 1.93. The maximum Gasteiger partial charge on any atom is 0.257 e. The van der Waals surface area contributed by atoms with E-state index in [1.165, 1.54) is 13.2 Å². The van der Waals surface area contributed by atoms with Gasteiger partial charge < -0.3 is 19.9 Å². The van der Waals surface area contributed by atoms with E-state index in [-0.39, 0.29) is 16.8 Å². The predicted molar refractivity (Wildman–Crippen MR) is 105 cm³/mol. The van der Waals surface area contributed by atoms with E-state index in [1.807, 2.05) is 0 Å². The van der Waals surface area contributed by atoms with Crippen molar-refractivity contribution in [1.82, 2.24) is 5.32 Å². The van der Waals surface area contributed by atoms with E-state index in [4.69, 9.17) is 21.7 Å². The van der Waals surface area contributed by atoms with Crippen LogP contribution in [0.1, 0.15) is 30.1 Å². The Morgan fingerprint density at radius 2 is 1.85 bits per heavy atom. The van der Waals surface area contributed by atoms with Crippen molar-refractivity contribution in [3.8, 4) is 17.2 Å². The van der Waals surface area contributed by atoms with Crippen molar-refractivity contribution < 1.29 is 19.4 Å². The van der Waals surface area contributed by atoms with Crippen LogP contribution in [-0.4, -0.2) is 29.8 Å². The van der Waals surface area contributed by atoms with Gasteiger partial charge in [0, 0.05) is 11.6 Å². The fraction of sp³-hybridized carbons (Fsp3) is 0.263. The van der Waals surface area contributed by atoms with Crippen molar-refractivity contribution in [3.63, 3.8) is 0 Å². The van der Waals surface area contributed by atoms with Gasteiger partial charge in [-0.2, -0.15) is 0 Å². The van der Waals surface area contributed by atoms with Crippen LogP contribution in [0, 0.1) is 0 Å². The summed E-state index contributed by atoms with van der Waals surface area (Å²) >= 11 is 5.13. The zero-order chi connectivity index (χ0) is 18.9. The van der Waals surface area contributed by atoms with E-state index in [9.17, 15) is 9.90 Å². The van der Waals surface area contributed by atoms with Gasteiger partial charge in [-0.3, -0.25) is 10.1 Å². The minimum absolute atomic E-state index is 0.00372. The molecule has 0 fully saturated rings. The average molecular weight is 374 g/mol. The molecular weight excluding hydrogens is 352 g/mol. The molecule has 0 heterocycles. The lowest BCUT2D eigenvalue weighted by atomic mass is 10.2. The maximum absolute atomic E-state index is 12.3. The van der Waals surface area contributed by atoms with Crippen molar-refractivity contribution in [1.29, 1.82) is 0 Å². The summed E-state index contributed by atoms with van der Waals surface area (Å²) in [6, 6.07) is 11.5. The summed E-state index contributed by atoms with van der Waals surface area (Å²) in [6.45, 7) is 2.75. The third-order valence-electron chi connectivity index (χ3n) is 3.56. The predicted octanol–water partition coefficient (Wildman–Crippen LogP) is 3.71. The summed E-state index contributed by atoms with van der Waals surface area (Å²) in [7, 11) is 1.52. The molecular formula is C19H22N2O4S. The fourth-order valence-electron chi connectivity index (χ4n) is 2.11. The van der Waals surface area contributed by atoms with E-state index >= 15 is 0 Å². The molecule has 0 bridgehead atoms. The summed E-state index contributed by atoms with van der Waals surface area (Å²) in [5.41, 5.74) is 0.793. The Labute approximate surface area is 158 Å². The molecule has 0 atom stereocenters. The molecule has 0 saturated heterocycles. The van der Waals surface area contributed by atoms with Gasteiger partial charge in [-0.25, -0.2) is 0 Å². The van der Waals surface area contributed by atoms with Crippen LogP contribution < -0.4 is 20.1 Å². The number of unbranched alkanes of at least 4 members (excludes halogenated alkanes) is 1. The molecule has 26 heavy (non-hydrogen) atoms. The quantitative estimate of drug-likeness (QED) is 0.390. The largest absolute Gasteiger partial charge is 0.506 e. The zero-order valence-electron chi connectivity index (χ0n) is 14.7. The van der Waals surface area contributed by atoms with Crippen LogP contribution in [0.2, 0.25) is 0 Å². The molecule has 2 aromatic carbocycles. The highest BCUT2D eigenvalue weighted by molar-refractivity contribution is 7.80. The number of anilines is 1. The SMILES string of the molecule is CCCCOc1ccc(C(=O)NC(=S)Nc2cc(OC)ccc2O)cc1. The molecule has 7 heteroatoms. The first-order valence-electron chi connectivity index (χ1n) is 8.25. The lowest BCUT2D eigenvalue weighted by molar-refractivity contribution is 0.0977. The lowest BCUT2D eigenvalue weighted by Crippen LogP contribution is -2.34. The van der Waals surface area contributed by atoms with Crippen molar-refractivity contribution in [2.24, 2.45) is 0 Å². The molecule has 3 N–H and O–H groups in total. The summed E-state index contributed by atoms with van der Waals surface area (Å²) in [5, 5.41) is 15.3. The van der Waals surface area contributed by atoms with Crippen molar-refractivity contribution >= 4 is 28.9 Å². The second-order valence-electron chi connectivity index (χ2n) is 5.52. The van der Waals surface area contributed by atoms with Gasteiger partial charge in [0.25, 0.3) is 5.91 Å². The molecule has 1 amide bonds. The lowest BCUT2D eigenvalue weighted by Gasteiger charge is -2.12. The zero-order valence-corrected chi connectivity index (χ0v) is 15.6. The molecule has 0 aliphatic heterocycles. The first-order valence-corrected chi connectivity index (χ1v) is 8.66. The number of benzene rings is 2. The molecule has 138 valence electrons. The van der Waals surface area contributed by atoms with Gasteiger partial charge in [-0.1, -0.05) is 13.3 Å². The van der Waals surface area contributed by atoms with Gasteiger partial charge in [0.05, 0.1) is 19.4 Å².